The molecule has 3 nitrogen and oxygen atoms in total. The van der Waals surface area contributed by atoms with E-state index < -0.39 is 44.9 Å². The van der Waals surface area contributed by atoms with Gasteiger partial charge in [-0.05, 0) is 59.2 Å². The molecule has 0 aliphatic carbocycles. The van der Waals surface area contributed by atoms with Gasteiger partial charge in [-0.3, -0.25) is 5.14 Å². The zero-order valence-electron chi connectivity index (χ0n) is 14.3. The number of hydrogen-bond donors (Lipinski definition) is 2. The predicted molar refractivity (Wildman–Crippen MR) is 93.7 cm³/mol. The van der Waals surface area contributed by atoms with Gasteiger partial charge in [0.15, 0.2) is 0 Å². The first kappa shape index (κ1) is 21.6. The largest absolute Gasteiger partial charge is 0.384 e. The summed E-state index contributed by atoms with van der Waals surface area (Å²) in [7, 11) is -1.92. The highest BCUT2D eigenvalue weighted by Crippen LogP contribution is 2.51. The van der Waals surface area contributed by atoms with Crippen LogP contribution in [-0.2, 0) is 16.4 Å². The second-order valence-corrected chi connectivity index (χ2v) is 9.94. The zero-order valence-corrected chi connectivity index (χ0v) is 16.7. The highest BCUT2D eigenvalue weighted by molar-refractivity contribution is 9.10. The van der Waals surface area contributed by atoms with Crippen molar-refractivity contribution in [3.8, 4) is 0 Å². The van der Waals surface area contributed by atoms with E-state index in [0.717, 1.165) is 26.8 Å². The first-order chi connectivity index (χ1) is 10.6. The minimum Gasteiger partial charge on any atom is -0.384 e. The fourth-order valence-corrected chi connectivity index (χ4v) is 3.69. The minimum atomic E-state index is -3.72. The van der Waals surface area contributed by atoms with Gasteiger partial charge in [0.25, 0.3) is 5.92 Å². The molecule has 0 fully saturated rings. The van der Waals surface area contributed by atoms with E-state index in [4.69, 9.17) is 5.14 Å². The maximum atomic E-state index is 15.2. The van der Waals surface area contributed by atoms with Gasteiger partial charge in [-0.1, -0.05) is 15.9 Å². The van der Waals surface area contributed by atoms with E-state index in [1.54, 1.807) is 0 Å². The van der Waals surface area contributed by atoms with E-state index in [1.807, 2.05) is 0 Å². The highest BCUT2D eigenvalue weighted by Gasteiger charge is 2.62. The Hall–Kier alpha value is -0.440. The Labute approximate surface area is 151 Å². The molecule has 8 heteroatoms. The summed E-state index contributed by atoms with van der Waals surface area (Å²) >= 11 is 3.16. The Morgan fingerprint density at radius 2 is 1.71 bits per heavy atom. The molecule has 24 heavy (non-hydrogen) atoms. The van der Waals surface area contributed by atoms with E-state index in [2.05, 4.69) is 15.9 Å². The van der Waals surface area contributed by atoms with Gasteiger partial charge >= 0.3 is 0 Å². The molecule has 3 N–H and O–H groups in total. The van der Waals surface area contributed by atoms with Gasteiger partial charge < -0.3 is 5.11 Å². The fourth-order valence-electron chi connectivity index (χ4n) is 2.89. The van der Waals surface area contributed by atoms with Crippen molar-refractivity contribution < 1.29 is 22.5 Å². The molecule has 0 radical (unpaired) electrons. The molecule has 1 aromatic carbocycles. The molecule has 0 spiro atoms. The van der Waals surface area contributed by atoms with Crippen molar-refractivity contribution in [3.63, 3.8) is 0 Å². The van der Waals surface area contributed by atoms with Crippen molar-refractivity contribution >= 4 is 26.9 Å². The van der Waals surface area contributed by atoms with Crippen molar-refractivity contribution in [1.82, 2.24) is 0 Å². The van der Waals surface area contributed by atoms with Gasteiger partial charge in [-0.2, -0.15) is 0 Å². The first-order valence-corrected chi connectivity index (χ1v) is 9.29. The van der Waals surface area contributed by atoms with E-state index in [0.29, 0.717) is 4.47 Å². The Balaban J connectivity index is 3.71. The van der Waals surface area contributed by atoms with Gasteiger partial charge in [0, 0.05) is 10.0 Å². The van der Waals surface area contributed by atoms with Crippen LogP contribution in [0.3, 0.4) is 0 Å². The van der Waals surface area contributed by atoms with Crippen LogP contribution in [-0.4, -0.2) is 25.6 Å². The van der Waals surface area contributed by atoms with Gasteiger partial charge in [0.1, 0.15) is 11.4 Å². The topological polar surface area (TPSA) is 63.3 Å². The Kier molecular flexibility index (Phi) is 6.03. The molecule has 0 aliphatic heterocycles. The molecule has 0 bridgehead atoms. The SMILES string of the molecule is CC(C)(C[C@](C)(c1cc(Br)ccc1F)C(F)(F)C(C)(C)O)S(N)=O. The van der Waals surface area contributed by atoms with Crippen LogP contribution in [0, 0.1) is 5.82 Å². The molecule has 1 rings (SSSR count). The summed E-state index contributed by atoms with van der Waals surface area (Å²) in [6, 6.07) is 3.72. The van der Waals surface area contributed by atoms with Crippen LogP contribution in [0.15, 0.2) is 22.7 Å². The third kappa shape index (κ3) is 3.86. The predicted octanol–water partition coefficient (Wildman–Crippen LogP) is 4.04. The van der Waals surface area contributed by atoms with Gasteiger partial charge in [-0.25, -0.2) is 17.4 Å². The number of halogens is 4. The molecule has 0 aromatic heterocycles. The van der Waals surface area contributed by atoms with E-state index >= 15 is 8.78 Å². The second-order valence-electron chi connectivity index (χ2n) is 7.32. The second kappa shape index (κ2) is 6.70. The molecule has 1 unspecified atom stereocenters. The normalized spacial score (nSPS) is 17.5. The summed E-state index contributed by atoms with van der Waals surface area (Å²) in [6.45, 7) is 6.03. The summed E-state index contributed by atoms with van der Waals surface area (Å²) < 4.78 is 55.8. The van der Waals surface area contributed by atoms with E-state index in [1.165, 1.54) is 26.0 Å². The summed E-state index contributed by atoms with van der Waals surface area (Å²) in [5.41, 5.74) is -4.84. The molecule has 0 saturated heterocycles. The summed E-state index contributed by atoms with van der Waals surface area (Å²) in [6.07, 6.45) is -0.395. The van der Waals surface area contributed by atoms with Gasteiger partial charge in [0.05, 0.1) is 21.1 Å². The van der Waals surface area contributed by atoms with E-state index in [-0.39, 0.29) is 5.56 Å². The molecular weight excluding hydrogens is 407 g/mol. The van der Waals surface area contributed by atoms with Crippen molar-refractivity contribution in [2.75, 3.05) is 0 Å². The Morgan fingerprint density at radius 1 is 1.21 bits per heavy atom. The first-order valence-electron chi connectivity index (χ1n) is 7.28. The monoisotopic (exact) mass is 429 g/mol. The van der Waals surface area contributed by atoms with Crippen LogP contribution in [0.2, 0.25) is 0 Å². The number of alkyl halides is 2. The maximum absolute atomic E-state index is 15.2. The van der Waals surface area contributed by atoms with Crippen LogP contribution in [0.5, 0.6) is 0 Å². The summed E-state index contributed by atoms with van der Waals surface area (Å²) in [5.74, 6) is -4.55. The standard InChI is InChI=1S/C16H23BrF3NO2S/c1-13(2,24(21)23)9-15(5,16(19,20)14(3,4)22)11-8-10(17)6-7-12(11)18/h6-8,22H,9,21H2,1-5H3/t15-,24?/m1/s1. The van der Waals surface area contributed by atoms with Crippen molar-refractivity contribution in [3.05, 3.63) is 34.1 Å². The van der Waals surface area contributed by atoms with E-state index in [9.17, 15) is 13.7 Å². The number of nitrogens with two attached hydrogens (primary N) is 1. The summed E-state index contributed by atoms with van der Waals surface area (Å²) in [5, 5.41) is 15.5. The maximum Gasteiger partial charge on any atom is 0.284 e. The minimum absolute atomic E-state index is 0.275. The Morgan fingerprint density at radius 3 is 2.12 bits per heavy atom. The van der Waals surface area contributed by atoms with Crippen LogP contribution in [0.25, 0.3) is 0 Å². The average Bonchev–Trinajstić information content (AvgIpc) is 2.39. The van der Waals surface area contributed by atoms with Crippen LogP contribution in [0.1, 0.15) is 46.6 Å². The van der Waals surface area contributed by atoms with Crippen LogP contribution in [0.4, 0.5) is 13.2 Å². The lowest BCUT2D eigenvalue weighted by Crippen LogP contribution is -2.59. The number of rotatable bonds is 6. The lowest BCUT2D eigenvalue weighted by molar-refractivity contribution is -0.206. The van der Waals surface area contributed by atoms with Gasteiger partial charge in [-0.15, -0.1) is 0 Å². The van der Waals surface area contributed by atoms with Crippen molar-refractivity contribution in [1.29, 1.82) is 0 Å². The number of hydrogen-bond acceptors (Lipinski definition) is 2. The molecule has 0 aliphatic rings. The van der Waals surface area contributed by atoms with Crippen LogP contribution < -0.4 is 5.14 Å². The molecule has 0 heterocycles. The third-order valence-corrected chi connectivity index (χ3v) is 6.03. The molecular formula is C16H23BrF3NO2S. The highest BCUT2D eigenvalue weighted by atomic mass is 79.9. The molecule has 2 atom stereocenters. The zero-order chi connectivity index (χ0) is 19.1. The smallest absolute Gasteiger partial charge is 0.284 e. The molecule has 0 amide bonds. The van der Waals surface area contributed by atoms with Crippen molar-refractivity contribution in [2.24, 2.45) is 5.14 Å². The molecule has 138 valence electrons. The molecule has 1 aromatic rings. The molecule has 0 saturated carbocycles. The number of benzene rings is 1. The fraction of sp³-hybridized carbons (Fsp3) is 0.625. The lowest BCUT2D eigenvalue weighted by Gasteiger charge is -2.46. The van der Waals surface area contributed by atoms with Crippen LogP contribution >= 0.6 is 15.9 Å². The number of aliphatic hydroxyl groups is 1. The third-order valence-electron chi connectivity index (χ3n) is 4.31. The average molecular weight is 430 g/mol. The lowest BCUT2D eigenvalue weighted by atomic mass is 9.66. The van der Waals surface area contributed by atoms with Gasteiger partial charge in [0.2, 0.25) is 0 Å². The Bertz CT molecular complexity index is 647. The quantitative estimate of drug-likeness (QED) is 0.716. The summed E-state index contributed by atoms with van der Waals surface area (Å²) in [4.78, 5) is 0. The van der Waals surface area contributed by atoms with Crippen molar-refractivity contribution in [2.45, 2.75) is 62.7 Å².